The number of benzene rings is 1. The highest BCUT2D eigenvalue weighted by Crippen LogP contribution is 2.39. The van der Waals surface area contributed by atoms with Crippen LogP contribution >= 0.6 is 15.9 Å². The summed E-state index contributed by atoms with van der Waals surface area (Å²) in [6.07, 6.45) is 6.62. The standard InChI is InChI=1S/C17H18BrN5/c18-15-9-12(10-19)1-4-16(15)22-7-5-13(6-8-22)17-21-20-11-23(17)14-2-3-14/h1,4,9,11,13-14H,2-3,5-8H2. The fraction of sp³-hybridized carbons (Fsp3) is 0.471. The highest BCUT2D eigenvalue weighted by molar-refractivity contribution is 9.10. The van der Waals surface area contributed by atoms with Gasteiger partial charge in [-0.15, -0.1) is 10.2 Å². The van der Waals surface area contributed by atoms with Gasteiger partial charge < -0.3 is 9.47 Å². The van der Waals surface area contributed by atoms with Crippen molar-refractivity contribution in [3.8, 4) is 6.07 Å². The average Bonchev–Trinajstić information content (AvgIpc) is 3.32. The Bertz CT molecular complexity index is 751. The molecule has 0 amide bonds. The van der Waals surface area contributed by atoms with Crippen LogP contribution in [0, 0.1) is 11.3 Å². The van der Waals surface area contributed by atoms with Gasteiger partial charge in [0, 0.05) is 29.5 Å². The molecule has 118 valence electrons. The number of rotatable bonds is 3. The van der Waals surface area contributed by atoms with E-state index >= 15 is 0 Å². The Kier molecular flexibility index (Phi) is 3.82. The molecule has 2 fully saturated rings. The molecule has 0 N–H and O–H groups in total. The second kappa shape index (κ2) is 5.97. The van der Waals surface area contributed by atoms with E-state index in [2.05, 4.69) is 41.7 Å². The summed E-state index contributed by atoms with van der Waals surface area (Å²) in [5, 5.41) is 17.5. The van der Waals surface area contributed by atoms with Gasteiger partial charge in [0.2, 0.25) is 0 Å². The van der Waals surface area contributed by atoms with Gasteiger partial charge in [-0.3, -0.25) is 0 Å². The Morgan fingerprint density at radius 2 is 1.96 bits per heavy atom. The van der Waals surface area contributed by atoms with Crippen molar-refractivity contribution >= 4 is 21.6 Å². The Hall–Kier alpha value is -1.87. The fourth-order valence-corrected chi connectivity index (χ4v) is 4.02. The first kappa shape index (κ1) is 14.7. The third-order valence-corrected chi connectivity index (χ3v) is 5.45. The molecule has 1 saturated carbocycles. The number of piperidine rings is 1. The molecule has 1 aliphatic heterocycles. The van der Waals surface area contributed by atoms with Crippen molar-refractivity contribution in [2.24, 2.45) is 0 Å². The third kappa shape index (κ3) is 2.86. The molecule has 2 heterocycles. The summed E-state index contributed by atoms with van der Waals surface area (Å²) in [6, 6.07) is 8.64. The van der Waals surface area contributed by atoms with Crippen LogP contribution in [0.3, 0.4) is 0 Å². The molecule has 0 atom stereocenters. The number of nitrogens with zero attached hydrogens (tertiary/aromatic N) is 5. The van der Waals surface area contributed by atoms with Crippen molar-refractivity contribution in [1.82, 2.24) is 14.8 Å². The minimum absolute atomic E-state index is 0.506. The van der Waals surface area contributed by atoms with Gasteiger partial charge in [0.1, 0.15) is 12.2 Å². The lowest BCUT2D eigenvalue weighted by atomic mass is 9.95. The summed E-state index contributed by atoms with van der Waals surface area (Å²) in [4.78, 5) is 2.39. The molecule has 23 heavy (non-hydrogen) atoms. The molecule has 4 rings (SSSR count). The monoisotopic (exact) mass is 371 g/mol. The smallest absolute Gasteiger partial charge is 0.136 e. The molecule has 1 aromatic carbocycles. The summed E-state index contributed by atoms with van der Waals surface area (Å²) >= 11 is 3.60. The highest BCUT2D eigenvalue weighted by Gasteiger charge is 2.31. The van der Waals surface area contributed by atoms with Gasteiger partial charge in [0.25, 0.3) is 0 Å². The molecule has 6 heteroatoms. The van der Waals surface area contributed by atoms with E-state index in [0.29, 0.717) is 17.5 Å². The number of hydrogen-bond acceptors (Lipinski definition) is 4. The van der Waals surface area contributed by atoms with Gasteiger partial charge in [-0.25, -0.2) is 0 Å². The molecule has 0 unspecified atom stereocenters. The summed E-state index contributed by atoms with van der Waals surface area (Å²) in [6.45, 7) is 2.01. The van der Waals surface area contributed by atoms with Gasteiger partial charge in [0.05, 0.1) is 17.3 Å². The molecule has 2 aliphatic rings. The predicted octanol–water partition coefficient (Wildman–Crippen LogP) is 3.63. The van der Waals surface area contributed by atoms with Crippen molar-refractivity contribution in [1.29, 1.82) is 5.26 Å². The number of aromatic nitrogens is 3. The molecule has 5 nitrogen and oxygen atoms in total. The van der Waals surface area contributed by atoms with E-state index in [1.165, 1.54) is 24.4 Å². The van der Waals surface area contributed by atoms with Gasteiger partial charge in [-0.1, -0.05) is 0 Å². The zero-order valence-electron chi connectivity index (χ0n) is 12.8. The number of nitriles is 1. The lowest BCUT2D eigenvalue weighted by Gasteiger charge is -2.34. The van der Waals surface area contributed by atoms with Crippen molar-refractivity contribution < 1.29 is 0 Å². The lowest BCUT2D eigenvalue weighted by molar-refractivity contribution is 0.465. The van der Waals surface area contributed by atoms with Crippen LogP contribution in [-0.2, 0) is 0 Å². The minimum Gasteiger partial charge on any atom is -0.371 e. The van der Waals surface area contributed by atoms with Crippen LogP contribution in [0.4, 0.5) is 5.69 Å². The van der Waals surface area contributed by atoms with Gasteiger partial charge in [0.15, 0.2) is 0 Å². The molecule has 0 bridgehead atoms. The molecule has 2 aromatic rings. The summed E-state index contributed by atoms with van der Waals surface area (Å²) in [5.74, 6) is 1.68. The Morgan fingerprint density at radius 1 is 1.17 bits per heavy atom. The molecule has 0 spiro atoms. The van der Waals surface area contributed by atoms with E-state index in [0.717, 1.165) is 30.4 Å². The second-order valence-electron chi connectivity index (χ2n) is 6.37. The van der Waals surface area contributed by atoms with Crippen molar-refractivity contribution in [2.45, 2.75) is 37.6 Å². The van der Waals surface area contributed by atoms with Gasteiger partial charge >= 0.3 is 0 Å². The van der Waals surface area contributed by atoms with E-state index < -0.39 is 0 Å². The number of hydrogen-bond donors (Lipinski definition) is 0. The highest BCUT2D eigenvalue weighted by atomic mass is 79.9. The van der Waals surface area contributed by atoms with E-state index in [1.807, 2.05) is 24.5 Å². The summed E-state index contributed by atoms with van der Waals surface area (Å²) in [7, 11) is 0. The fourth-order valence-electron chi connectivity index (χ4n) is 3.39. The first-order valence-electron chi connectivity index (χ1n) is 8.10. The van der Waals surface area contributed by atoms with E-state index in [4.69, 9.17) is 5.26 Å². The minimum atomic E-state index is 0.506. The largest absolute Gasteiger partial charge is 0.371 e. The first-order valence-corrected chi connectivity index (χ1v) is 8.89. The Balaban J connectivity index is 1.47. The van der Waals surface area contributed by atoms with Crippen LogP contribution in [0.25, 0.3) is 0 Å². The predicted molar refractivity (Wildman–Crippen MR) is 91.3 cm³/mol. The quantitative estimate of drug-likeness (QED) is 0.826. The summed E-state index contributed by atoms with van der Waals surface area (Å²) in [5.41, 5.74) is 1.86. The second-order valence-corrected chi connectivity index (χ2v) is 7.22. The van der Waals surface area contributed by atoms with Crippen molar-refractivity contribution in [3.63, 3.8) is 0 Å². The van der Waals surface area contributed by atoms with Crippen LogP contribution in [0.1, 0.15) is 49.0 Å². The van der Waals surface area contributed by atoms with E-state index in [1.54, 1.807) is 0 Å². The van der Waals surface area contributed by atoms with Crippen LogP contribution < -0.4 is 4.90 Å². The molecule has 1 saturated heterocycles. The van der Waals surface area contributed by atoms with Crippen molar-refractivity contribution in [2.75, 3.05) is 18.0 Å². The van der Waals surface area contributed by atoms with Crippen LogP contribution in [-0.4, -0.2) is 27.9 Å². The molecular weight excluding hydrogens is 354 g/mol. The normalized spacial score (nSPS) is 18.9. The van der Waals surface area contributed by atoms with Gasteiger partial charge in [-0.2, -0.15) is 5.26 Å². The Labute approximate surface area is 144 Å². The first-order chi connectivity index (χ1) is 11.3. The van der Waals surface area contributed by atoms with Crippen LogP contribution in [0.2, 0.25) is 0 Å². The zero-order chi connectivity index (χ0) is 15.8. The Morgan fingerprint density at radius 3 is 2.61 bits per heavy atom. The maximum Gasteiger partial charge on any atom is 0.136 e. The average molecular weight is 372 g/mol. The molecule has 0 radical (unpaired) electrons. The maximum absolute atomic E-state index is 8.98. The van der Waals surface area contributed by atoms with Crippen LogP contribution in [0.5, 0.6) is 0 Å². The van der Waals surface area contributed by atoms with Crippen molar-refractivity contribution in [3.05, 3.63) is 40.4 Å². The summed E-state index contributed by atoms with van der Waals surface area (Å²) < 4.78 is 3.29. The topological polar surface area (TPSA) is 57.7 Å². The van der Waals surface area contributed by atoms with Crippen LogP contribution in [0.15, 0.2) is 29.0 Å². The van der Waals surface area contributed by atoms with E-state index in [-0.39, 0.29) is 0 Å². The number of anilines is 1. The third-order valence-electron chi connectivity index (χ3n) is 4.82. The lowest BCUT2D eigenvalue weighted by Crippen LogP contribution is -2.33. The maximum atomic E-state index is 8.98. The zero-order valence-corrected chi connectivity index (χ0v) is 14.4. The van der Waals surface area contributed by atoms with E-state index in [9.17, 15) is 0 Å². The SMILES string of the molecule is N#Cc1ccc(N2CCC(c3nncn3C3CC3)CC2)c(Br)c1. The van der Waals surface area contributed by atoms with Gasteiger partial charge in [-0.05, 0) is 59.8 Å². The molecule has 1 aromatic heterocycles. The number of halogens is 1. The molecule has 1 aliphatic carbocycles. The molecular formula is C17H18BrN5.